The maximum Gasteiger partial charge on any atom is 0.0476 e. The van der Waals surface area contributed by atoms with E-state index in [9.17, 15) is 0 Å². The molecule has 0 aliphatic carbocycles. The summed E-state index contributed by atoms with van der Waals surface area (Å²) in [5.74, 6) is 0. The number of rotatable bonds is 2. The highest BCUT2D eigenvalue weighted by atomic mass is 14.7. The highest BCUT2D eigenvalue weighted by molar-refractivity contribution is 6.28. The van der Waals surface area contributed by atoms with Gasteiger partial charge in [0.15, 0.2) is 0 Å². The van der Waals surface area contributed by atoms with Crippen LogP contribution in [-0.4, -0.2) is 11.9 Å². The topological polar surface area (TPSA) is 36.2 Å². The van der Waals surface area contributed by atoms with Crippen molar-refractivity contribution in [1.29, 1.82) is 5.41 Å². The average molecular weight is 124 g/mol. The molecule has 0 atom stereocenters. The Kier molecular flexibility index (Phi) is 3.60. The van der Waals surface area contributed by atoms with Gasteiger partial charge >= 0.3 is 0 Å². The smallest absolute Gasteiger partial charge is 0.0476 e. The van der Waals surface area contributed by atoms with Crippen molar-refractivity contribution in [2.75, 3.05) is 0 Å². The molecule has 50 valence electrons. The second kappa shape index (κ2) is 4.01. The second-order valence-electron chi connectivity index (χ2n) is 1.87. The van der Waals surface area contributed by atoms with E-state index < -0.39 is 0 Å². The molecule has 0 heterocycles. The summed E-state index contributed by atoms with van der Waals surface area (Å²) in [4.78, 5) is 3.95. The van der Waals surface area contributed by atoms with Crippen LogP contribution in [0.25, 0.3) is 0 Å². The summed E-state index contributed by atoms with van der Waals surface area (Å²) in [6.45, 7) is 5.53. The van der Waals surface area contributed by atoms with Crippen LogP contribution in [-0.2, 0) is 0 Å². The van der Waals surface area contributed by atoms with Crippen LogP contribution in [0.3, 0.4) is 0 Å². The third-order valence-corrected chi connectivity index (χ3v) is 0.880. The molecule has 0 radical (unpaired) electrons. The number of allylic oxidation sites excluding steroid dienone is 2. The Morgan fingerprint density at radius 3 is 2.33 bits per heavy atom. The van der Waals surface area contributed by atoms with E-state index in [4.69, 9.17) is 5.41 Å². The fraction of sp³-hybridized carbons (Fsp3) is 0.429. The Morgan fingerprint density at radius 1 is 1.44 bits per heavy atom. The molecule has 0 aromatic heterocycles. The predicted octanol–water partition coefficient (Wildman–Crippen LogP) is 2.02. The summed E-state index contributed by atoms with van der Waals surface area (Å²) in [5, 5.41) is 6.99. The minimum Gasteiger partial charge on any atom is -0.304 e. The van der Waals surface area contributed by atoms with Gasteiger partial charge in [-0.2, -0.15) is 0 Å². The normalized spacial score (nSPS) is 12.6. The van der Waals surface area contributed by atoms with E-state index >= 15 is 0 Å². The average Bonchev–Trinajstić information content (AvgIpc) is 1.83. The van der Waals surface area contributed by atoms with Crippen molar-refractivity contribution in [2.24, 2.45) is 4.99 Å². The summed E-state index contributed by atoms with van der Waals surface area (Å²) in [7, 11) is 0. The van der Waals surface area contributed by atoms with E-state index in [2.05, 4.69) is 4.99 Å². The third-order valence-electron chi connectivity index (χ3n) is 0.880. The molecule has 0 saturated heterocycles. The first kappa shape index (κ1) is 8.08. The lowest BCUT2D eigenvalue weighted by Crippen LogP contribution is -1.87. The number of nitrogens with zero attached hydrogens (tertiary/aromatic N) is 1. The summed E-state index contributed by atoms with van der Waals surface area (Å²) < 4.78 is 0. The van der Waals surface area contributed by atoms with Crippen LogP contribution in [0.15, 0.2) is 16.8 Å². The first-order valence-corrected chi connectivity index (χ1v) is 2.89. The molecule has 0 aliphatic heterocycles. The van der Waals surface area contributed by atoms with Crippen molar-refractivity contribution in [3.63, 3.8) is 0 Å². The largest absolute Gasteiger partial charge is 0.304 e. The highest BCUT2D eigenvalue weighted by Gasteiger charge is 1.78. The Balaban J connectivity index is 3.86. The van der Waals surface area contributed by atoms with Crippen LogP contribution in [0.5, 0.6) is 0 Å². The maximum absolute atomic E-state index is 6.99. The summed E-state index contributed by atoms with van der Waals surface area (Å²) in [6, 6.07) is 0. The van der Waals surface area contributed by atoms with Crippen molar-refractivity contribution in [2.45, 2.75) is 20.8 Å². The molecule has 0 rings (SSSR count). The van der Waals surface area contributed by atoms with Gasteiger partial charge in [-0.3, -0.25) is 4.99 Å². The van der Waals surface area contributed by atoms with Crippen LogP contribution < -0.4 is 0 Å². The van der Waals surface area contributed by atoms with Gasteiger partial charge < -0.3 is 5.41 Å². The van der Waals surface area contributed by atoms with E-state index in [1.54, 1.807) is 6.92 Å². The number of nitrogens with one attached hydrogen (secondary N) is 1. The van der Waals surface area contributed by atoms with Crippen LogP contribution in [0.1, 0.15) is 20.8 Å². The molecular weight excluding hydrogens is 112 g/mol. The molecule has 0 aromatic rings. The highest BCUT2D eigenvalue weighted by Crippen LogP contribution is 1.90. The summed E-state index contributed by atoms with van der Waals surface area (Å²) in [6.07, 6.45) is 3.44. The van der Waals surface area contributed by atoms with E-state index in [-0.39, 0.29) is 0 Å². The Morgan fingerprint density at radius 2 is 2.00 bits per heavy atom. The molecule has 0 fully saturated rings. The molecule has 0 unspecified atom stereocenters. The standard InChI is InChI=1S/C7H12N2/c1-4-7(3)9-5-6(2)8/h4-5,8H,1-3H3/b7-4-,8-6?,9-5-. The van der Waals surface area contributed by atoms with Crippen molar-refractivity contribution in [1.82, 2.24) is 0 Å². The Bertz CT molecular complexity index is 154. The SMILES string of the molecule is C/C=C(C)\N=C/C(C)=N. The summed E-state index contributed by atoms with van der Waals surface area (Å²) in [5.41, 5.74) is 1.43. The van der Waals surface area contributed by atoms with Crippen molar-refractivity contribution in [3.05, 3.63) is 11.8 Å². The predicted molar refractivity (Wildman–Crippen MR) is 41.3 cm³/mol. The molecular formula is C7H12N2. The minimum atomic E-state index is 0.483. The second-order valence-corrected chi connectivity index (χ2v) is 1.87. The van der Waals surface area contributed by atoms with Gasteiger partial charge in [0.05, 0.1) is 0 Å². The molecule has 0 saturated carbocycles. The van der Waals surface area contributed by atoms with Gasteiger partial charge in [0, 0.05) is 17.6 Å². The monoisotopic (exact) mass is 124 g/mol. The lowest BCUT2D eigenvalue weighted by Gasteiger charge is -1.86. The molecule has 0 aromatic carbocycles. The molecule has 1 N–H and O–H groups in total. The van der Waals surface area contributed by atoms with Crippen LogP contribution in [0.2, 0.25) is 0 Å². The zero-order chi connectivity index (χ0) is 7.28. The summed E-state index contributed by atoms with van der Waals surface area (Å²) >= 11 is 0. The molecule has 0 aliphatic rings. The van der Waals surface area contributed by atoms with E-state index in [1.807, 2.05) is 19.9 Å². The van der Waals surface area contributed by atoms with E-state index in [0.717, 1.165) is 5.70 Å². The van der Waals surface area contributed by atoms with Crippen molar-refractivity contribution < 1.29 is 0 Å². The van der Waals surface area contributed by atoms with Gasteiger partial charge in [-0.05, 0) is 20.8 Å². The number of hydrogen-bond donors (Lipinski definition) is 1. The first-order valence-electron chi connectivity index (χ1n) is 2.89. The van der Waals surface area contributed by atoms with E-state index in [1.165, 1.54) is 6.21 Å². The minimum absolute atomic E-state index is 0.483. The number of aliphatic imine (C=N–C) groups is 1. The van der Waals surface area contributed by atoms with Crippen molar-refractivity contribution >= 4 is 11.9 Å². The molecule has 9 heavy (non-hydrogen) atoms. The Hall–Kier alpha value is -0.920. The van der Waals surface area contributed by atoms with Gasteiger partial charge in [-0.1, -0.05) is 6.08 Å². The molecule has 2 nitrogen and oxygen atoms in total. The third kappa shape index (κ3) is 4.94. The molecule has 0 amide bonds. The van der Waals surface area contributed by atoms with Gasteiger partial charge in [0.25, 0.3) is 0 Å². The van der Waals surface area contributed by atoms with Crippen molar-refractivity contribution in [3.8, 4) is 0 Å². The molecule has 0 bridgehead atoms. The fourth-order valence-corrected chi connectivity index (χ4v) is 0.273. The van der Waals surface area contributed by atoms with Gasteiger partial charge in [-0.15, -0.1) is 0 Å². The lowest BCUT2D eigenvalue weighted by molar-refractivity contribution is 1.30. The van der Waals surface area contributed by atoms with Crippen LogP contribution in [0, 0.1) is 5.41 Å². The first-order chi connectivity index (χ1) is 4.16. The quantitative estimate of drug-likeness (QED) is 0.547. The van der Waals surface area contributed by atoms with E-state index in [0.29, 0.717) is 5.71 Å². The Labute approximate surface area is 55.8 Å². The molecule has 2 heteroatoms. The zero-order valence-electron chi connectivity index (χ0n) is 6.10. The number of hydrogen-bond acceptors (Lipinski definition) is 2. The van der Waals surface area contributed by atoms with Gasteiger partial charge in [0.1, 0.15) is 0 Å². The molecule has 0 spiro atoms. The zero-order valence-corrected chi connectivity index (χ0v) is 6.10. The van der Waals surface area contributed by atoms with Crippen LogP contribution >= 0.6 is 0 Å². The maximum atomic E-state index is 6.99. The van der Waals surface area contributed by atoms with Gasteiger partial charge in [0.2, 0.25) is 0 Å². The van der Waals surface area contributed by atoms with Crippen LogP contribution in [0.4, 0.5) is 0 Å². The van der Waals surface area contributed by atoms with Gasteiger partial charge in [-0.25, -0.2) is 0 Å². The fourth-order valence-electron chi connectivity index (χ4n) is 0.273. The lowest BCUT2D eigenvalue weighted by atomic mass is 10.4.